The molecule has 0 spiro atoms. The highest BCUT2D eigenvalue weighted by molar-refractivity contribution is 9.10. The number of amides is 1. The monoisotopic (exact) mass is 288 g/mol. The van der Waals surface area contributed by atoms with Crippen molar-refractivity contribution in [2.24, 2.45) is 0 Å². The van der Waals surface area contributed by atoms with Crippen LogP contribution in [-0.2, 0) is 4.79 Å². The van der Waals surface area contributed by atoms with Gasteiger partial charge < -0.3 is 10.6 Å². The molecule has 5 heteroatoms. The summed E-state index contributed by atoms with van der Waals surface area (Å²) in [5.41, 5.74) is 0.832. The third kappa shape index (κ3) is 4.18. The van der Waals surface area contributed by atoms with Crippen molar-refractivity contribution in [3.05, 3.63) is 28.5 Å². The Bertz CT molecular complexity index is 371. The van der Waals surface area contributed by atoms with Crippen molar-refractivity contribution in [3.63, 3.8) is 0 Å². The first kappa shape index (κ1) is 13.0. The van der Waals surface area contributed by atoms with Crippen molar-refractivity contribution >= 4 is 27.5 Å². The molecular weight excluding hydrogens is 275 g/mol. The summed E-state index contributed by atoms with van der Waals surface area (Å²) in [6.07, 6.45) is 1.23. The van der Waals surface area contributed by atoms with Crippen LogP contribution in [0.25, 0.3) is 0 Å². The summed E-state index contributed by atoms with van der Waals surface area (Å²) in [7, 11) is 1.62. The Kier molecular flexibility index (Phi) is 5.25. The normalized spacial score (nSPS) is 9.94. The van der Waals surface area contributed by atoms with Crippen LogP contribution in [0.3, 0.4) is 0 Å². The summed E-state index contributed by atoms with van der Waals surface area (Å²) in [6, 6.07) is 4.46. The first-order valence-corrected chi connectivity index (χ1v) is 5.82. The summed E-state index contributed by atoms with van der Waals surface area (Å²) < 4.78 is 13.5. The fraction of sp³-hybridized carbons (Fsp3) is 0.364. The fourth-order valence-electron chi connectivity index (χ4n) is 1.23. The fourth-order valence-corrected chi connectivity index (χ4v) is 1.72. The maximum Gasteiger partial charge on any atom is 0.219 e. The highest BCUT2D eigenvalue weighted by atomic mass is 79.9. The molecule has 1 rings (SSSR count). The van der Waals surface area contributed by atoms with Gasteiger partial charge in [0.15, 0.2) is 0 Å². The van der Waals surface area contributed by atoms with Crippen molar-refractivity contribution < 1.29 is 9.18 Å². The molecular formula is C11H14BrFN2O. The molecule has 0 aliphatic carbocycles. The van der Waals surface area contributed by atoms with Gasteiger partial charge in [-0.05, 0) is 40.5 Å². The van der Waals surface area contributed by atoms with Crippen LogP contribution < -0.4 is 10.6 Å². The molecule has 0 aliphatic heterocycles. The molecule has 1 aromatic carbocycles. The average Bonchev–Trinajstić information content (AvgIpc) is 2.26. The van der Waals surface area contributed by atoms with Crippen LogP contribution in [0.4, 0.5) is 10.1 Å². The van der Waals surface area contributed by atoms with E-state index >= 15 is 0 Å². The quantitative estimate of drug-likeness (QED) is 0.818. The van der Waals surface area contributed by atoms with Gasteiger partial charge in [-0.2, -0.15) is 0 Å². The first-order chi connectivity index (χ1) is 7.63. The van der Waals surface area contributed by atoms with Crippen LogP contribution in [0, 0.1) is 5.82 Å². The smallest absolute Gasteiger partial charge is 0.219 e. The van der Waals surface area contributed by atoms with Gasteiger partial charge in [-0.3, -0.25) is 4.79 Å². The Morgan fingerprint density at radius 2 is 2.25 bits per heavy atom. The highest BCUT2D eigenvalue weighted by Gasteiger charge is 2.01. The first-order valence-electron chi connectivity index (χ1n) is 5.03. The predicted octanol–water partition coefficient (Wildman–Crippen LogP) is 2.53. The zero-order valence-electron chi connectivity index (χ0n) is 9.02. The summed E-state index contributed by atoms with van der Waals surface area (Å²) in [5, 5.41) is 5.68. The lowest BCUT2D eigenvalue weighted by atomic mass is 10.2. The second-order valence-electron chi connectivity index (χ2n) is 3.33. The topological polar surface area (TPSA) is 41.1 Å². The Morgan fingerprint density at radius 3 is 2.88 bits per heavy atom. The molecule has 0 saturated carbocycles. The van der Waals surface area contributed by atoms with Crippen LogP contribution in [0.2, 0.25) is 0 Å². The number of hydrogen-bond acceptors (Lipinski definition) is 2. The van der Waals surface area contributed by atoms with Crippen LogP contribution in [0.1, 0.15) is 12.8 Å². The predicted molar refractivity (Wildman–Crippen MR) is 65.9 cm³/mol. The summed E-state index contributed by atoms with van der Waals surface area (Å²) in [6.45, 7) is 0.678. The number of carbonyl (C=O) groups excluding carboxylic acids is 1. The molecule has 88 valence electrons. The van der Waals surface area contributed by atoms with E-state index in [-0.39, 0.29) is 11.7 Å². The van der Waals surface area contributed by atoms with Crippen molar-refractivity contribution in [1.82, 2.24) is 5.32 Å². The van der Waals surface area contributed by atoms with Crippen LogP contribution in [0.15, 0.2) is 22.7 Å². The van der Waals surface area contributed by atoms with E-state index in [4.69, 9.17) is 0 Å². The minimum absolute atomic E-state index is 0.0278. The molecule has 0 aromatic heterocycles. The largest absolute Gasteiger partial charge is 0.384 e. The molecule has 1 amide bonds. The molecule has 0 bridgehead atoms. The molecule has 2 N–H and O–H groups in total. The molecule has 0 saturated heterocycles. The van der Waals surface area contributed by atoms with Gasteiger partial charge in [-0.1, -0.05) is 0 Å². The zero-order chi connectivity index (χ0) is 12.0. The Hall–Kier alpha value is -1.10. The van der Waals surface area contributed by atoms with E-state index in [1.54, 1.807) is 13.1 Å². The number of benzene rings is 1. The van der Waals surface area contributed by atoms with Gasteiger partial charge in [0.1, 0.15) is 5.82 Å². The molecule has 0 heterocycles. The van der Waals surface area contributed by atoms with E-state index in [2.05, 4.69) is 26.6 Å². The molecule has 1 aromatic rings. The number of halogens is 2. The van der Waals surface area contributed by atoms with E-state index in [9.17, 15) is 9.18 Å². The van der Waals surface area contributed by atoms with E-state index in [1.165, 1.54) is 12.1 Å². The summed E-state index contributed by atoms with van der Waals surface area (Å²) in [4.78, 5) is 10.9. The number of anilines is 1. The van der Waals surface area contributed by atoms with Crippen LogP contribution in [0.5, 0.6) is 0 Å². The van der Waals surface area contributed by atoms with Crippen molar-refractivity contribution in [2.45, 2.75) is 12.8 Å². The standard InChI is InChI=1S/C11H14BrFN2O/c1-14-11(16)3-2-6-15-10-5-4-8(13)7-9(10)12/h4-5,7,15H,2-3,6H2,1H3,(H,14,16). The van der Waals surface area contributed by atoms with Gasteiger partial charge >= 0.3 is 0 Å². The average molecular weight is 289 g/mol. The van der Waals surface area contributed by atoms with Gasteiger partial charge in [-0.25, -0.2) is 4.39 Å². The lowest BCUT2D eigenvalue weighted by Crippen LogP contribution is -2.18. The van der Waals surface area contributed by atoms with Crippen molar-refractivity contribution in [3.8, 4) is 0 Å². The van der Waals surface area contributed by atoms with Gasteiger partial charge in [0.2, 0.25) is 5.91 Å². The maximum absolute atomic E-state index is 12.8. The van der Waals surface area contributed by atoms with Gasteiger partial charge in [0.25, 0.3) is 0 Å². The summed E-state index contributed by atoms with van der Waals surface area (Å²) in [5.74, 6) is -0.247. The lowest BCUT2D eigenvalue weighted by molar-refractivity contribution is -0.120. The van der Waals surface area contributed by atoms with Crippen molar-refractivity contribution in [2.75, 3.05) is 18.9 Å². The van der Waals surface area contributed by atoms with Crippen LogP contribution >= 0.6 is 15.9 Å². The molecule has 3 nitrogen and oxygen atoms in total. The third-order valence-corrected chi connectivity index (χ3v) is 2.76. The molecule has 16 heavy (non-hydrogen) atoms. The lowest BCUT2D eigenvalue weighted by Gasteiger charge is -2.08. The SMILES string of the molecule is CNC(=O)CCCNc1ccc(F)cc1Br. The van der Waals surface area contributed by atoms with E-state index < -0.39 is 0 Å². The molecule has 0 aliphatic rings. The number of rotatable bonds is 5. The van der Waals surface area contributed by atoms with Crippen LogP contribution in [-0.4, -0.2) is 19.5 Å². The Labute approximate surface area is 103 Å². The minimum Gasteiger partial charge on any atom is -0.384 e. The van der Waals surface area contributed by atoms with Gasteiger partial charge in [-0.15, -0.1) is 0 Å². The minimum atomic E-state index is -0.275. The second kappa shape index (κ2) is 6.48. The van der Waals surface area contributed by atoms with E-state index in [0.717, 1.165) is 12.1 Å². The van der Waals surface area contributed by atoms with Gasteiger partial charge in [0.05, 0.1) is 0 Å². The Balaban J connectivity index is 2.35. The van der Waals surface area contributed by atoms with E-state index in [1.807, 2.05) is 0 Å². The molecule has 0 radical (unpaired) electrons. The molecule has 0 atom stereocenters. The number of carbonyl (C=O) groups is 1. The Morgan fingerprint density at radius 1 is 1.50 bits per heavy atom. The second-order valence-corrected chi connectivity index (χ2v) is 4.18. The number of nitrogens with one attached hydrogen (secondary N) is 2. The molecule has 0 unspecified atom stereocenters. The third-order valence-electron chi connectivity index (χ3n) is 2.11. The highest BCUT2D eigenvalue weighted by Crippen LogP contribution is 2.22. The van der Waals surface area contributed by atoms with Gasteiger partial charge in [0, 0.05) is 30.2 Å². The number of hydrogen-bond donors (Lipinski definition) is 2. The molecule has 0 fully saturated rings. The van der Waals surface area contributed by atoms with E-state index in [0.29, 0.717) is 17.4 Å². The summed E-state index contributed by atoms with van der Waals surface area (Å²) >= 11 is 3.26. The maximum atomic E-state index is 12.8. The van der Waals surface area contributed by atoms with Crippen molar-refractivity contribution in [1.29, 1.82) is 0 Å². The zero-order valence-corrected chi connectivity index (χ0v) is 10.6.